The van der Waals surface area contributed by atoms with Gasteiger partial charge in [-0.3, -0.25) is 14.9 Å². The monoisotopic (exact) mass is 464 g/mol. The smallest absolute Gasteiger partial charge is 0.319 e. The summed E-state index contributed by atoms with van der Waals surface area (Å²) >= 11 is 9.19. The number of hydrogen-bond donors (Lipinski definition) is 3. The minimum atomic E-state index is -0.875. The lowest BCUT2D eigenvalue weighted by Gasteiger charge is -2.28. The number of nitrogens with one attached hydrogen (secondary N) is 3. The lowest BCUT2D eigenvalue weighted by molar-refractivity contribution is -0.384. The Morgan fingerprint density at radius 2 is 1.93 bits per heavy atom. The summed E-state index contributed by atoms with van der Waals surface area (Å²) in [4.78, 5) is 35.4. The number of nitro benzene ring substituents is 1. The molecule has 1 aliphatic rings. The van der Waals surface area contributed by atoms with E-state index in [2.05, 4.69) is 31.9 Å². The maximum absolute atomic E-state index is 12.9. The van der Waals surface area contributed by atoms with E-state index in [0.29, 0.717) is 16.9 Å². The summed E-state index contributed by atoms with van der Waals surface area (Å²) in [5, 5.41) is 19.1. The van der Waals surface area contributed by atoms with Crippen LogP contribution in [0, 0.1) is 10.1 Å². The first-order valence-electron chi connectivity index (χ1n) is 8.05. The van der Waals surface area contributed by atoms with Gasteiger partial charge in [0, 0.05) is 21.9 Å². The van der Waals surface area contributed by atoms with Crippen molar-refractivity contribution in [2.24, 2.45) is 0 Å². The Morgan fingerprint density at radius 1 is 1.25 bits per heavy atom. The molecule has 2 aromatic rings. The second kappa shape index (κ2) is 7.99. The van der Waals surface area contributed by atoms with Gasteiger partial charge in [0.2, 0.25) is 0 Å². The SMILES string of the molecule is CC1=C(C(=O)Nc2ccc(Br)cc2)[C@H](c2ccc(Cl)c([N+](=O)[O-])c2)NC(=O)N1. The van der Waals surface area contributed by atoms with Crippen molar-refractivity contribution in [3.05, 3.63) is 78.9 Å². The fourth-order valence-electron chi connectivity index (χ4n) is 2.83. The number of carbonyl (C=O) groups excluding carboxylic acids is 2. The van der Waals surface area contributed by atoms with Crippen molar-refractivity contribution in [3.8, 4) is 0 Å². The van der Waals surface area contributed by atoms with Crippen molar-refractivity contribution >= 4 is 50.8 Å². The number of anilines is 1. The van der Waals surface area contributed by atoms with Gasteiger partial charge in [0.15, 0.2) is 0 Å². The summed E-state index contributed by atoms with van der Waals surface area (Å²) in [6.45, 7) is 1.59. The highest BCUT2D eigenvalue weighted by molar-refractivity contribution is 9.10. The van der Waals surface area contributed by atoms with E-state index in [0.717, 1.165) is 4.47 Å². The van der Waals surface area contributed by atoms with Crippen LogP contribution >= 0.6 is 27.5 Å². The molecule has 2 aromatic carbocycles. The van der Waals surface area contributed by atoms with Crippen LogP contribution in [0.15, 0.2) is 58.2 Å². The van der Waals surface area contributed by atoms with Crippen molar-refractivity contribution in [1.29, 1.82) is 0 Å². The summed E-state index contributed by atoms with van der Waals surface area (Å²) in [7, 11) is 0. The van der Waals surface area contributed by atoms with Gasteiger partial charge < -0.3 is 16.0 Å². The molecule has 3 N–H and O–H groups in total. The predicted octanol–water partition coefficient (Wildman–Crippen LogP) is 4.28. The van der Waals surface area contributed by atoms with Gasteiger partial charge in [0.25, 0.3) is 11.6 Å². The van der Waals surface area contributed by atoms with E-state index in [1.54, 1.807) is 31.2 Å². The van der Waals surface area contributed by atoms with Crippen molar-refractivity contribution in [2.75, 3.05) is 5.32 Å². The highest BCUT2D eigenvalue weighted by atomic mass is 79.9. The lowest BCUT2D eigenvalue weighted by atomic mass is 9.94. The molecule has 0 saturated carbocycles. The molecule has 0 bridgehead atoms. The molecule has 0 unspecified atom stereocenters. The summed E-state index contributed by atoms with van der Waals surface area (Å²) in [6.07, 6.45) is 0. The van der Waals surface area contributed by atoms with Crippen LogP contribution in [-0.2, 0) is 4.79 Å². The minimum absolute atomic E-state index is 0.0319. The van der Waals surface area contributed by atoms with Crippen LogP contribution in [0.3, 0.4) is 0 Å². The molecule has 144 valence electrons. The molecule has 1 atom stereocenters. The van der Waals surface area contributed by atoms with Gasteiger partial charge in [-0.25, -0.2) is 4.79 Å². The number of nitro groups is 1. The van der Waals surface area contributed by atoms with Crippen LogP contribution in [0.25, 0.3) is 0 Å². The number of benzene rings is 2. The molecule has 0 spiro atoms. The fraction of sp³-hybridized carbons (Fsp3) is 0.111. The van der Waals surface area contributed by atoms with E-state index < -0.39 is 22.9 Å². The van der Waals surface area contributed by atoms with E-state index in [-0.39, 0.29) is 16.3 Å². The third kappa shape index (κ3) is 4.15. The molecule has 3 amide bonds. The van der Waals surface area contributed by atoms with Crippen molar-refractivity contribution in [2.45, 2.75) is 13.0 Å². The van der Waals surface area contributed by atoms with Gasteiger partial charge in [0.05, 0.1) is 16.5 Å². The van der Waals surface area contributed by atoms with Gasteiger partial charge in [-0.1, -0.05) is 33.6 Å². The summed E-state index contributed by atoms with van der Waals surface area (Å²) < 4.78 is 0.860. The zero-order valence-corrected chi connectivity index (χ0v) is 16.8. The molecule has 10 heteroatoms. The van der Waals surface area contributed by atoms with Gasteiger partial charge in [-0.15, -0.1) is 0 Å². The zero-order chi connectivity index (χ0) is 20.4. The van der Waals surface area contributed by atoms with E-state index in [4.69, 9.17) is 11.6 Å². The highest BCUT2D eigenvalue weighted by Gasteiger charge is 2.32. The second-order valence-corrected chi connectivity index (χ2v) is 7.32. The van der Waals surface area contributed by atoms with E-state index in [1.165, 1.54) is 18.2 Å². The Labute approximate surface area is 173 Å². The normalized spacial score (nSPS) is 16.2. The predicted molar refractivity (Wildman–Crippen MR) is 108 cm³/mol. The molecule has 28 heavy (non-hydrogen) atoms. The quantitative estimate of drug-likeness (QED) is 0.462. The van der Waals surface area contributed by atoms with Crippen molar-refractivity contribution in [3.63, 3.8) is 0 Å². The Bertz CT molecular complexity index is 1010. The molecule has 0 radical (unpaired) electrons. The van der Waals surface area contributed by atoms with Gasteiger partial charge in [-0.05, 0) is 42.8 Å². The average molecular weight is 466 g/mol. The molecule has 0 saturated heterocycles. The molecular weight excluding hydrogens is 452 g/mol. The molecular formula is C18H14BrClN4O4. The summed E-state index contributed by atoms with van der Waals surface area (Å²) in [6, 6.07) is 9.74. The maximum Gasteiger partial charge on any atom is 0.319 e. The number of rotatable bonds is 4. The number of hydrogen-bond acceptors (Lipinski definition) is 4. The Balaban J connectivity index is 1.99. The van der Waals surface area contributed by atoms with Crippen molar-refractivity contribution in [1.82, 2.24) is 10.6 Å². The number of halogens is 2. The molecule has 1 aliphatic heterocycles. The first-order valence-corrected chi connectivity index (χ1v) is 9.22. The van der Waals surface area contributed by atoms with Gasteiger partial charge in [-0.2, -0.15) is 0 Å². The summed E-state index contributed by atoms with van der Waals surface area (Å²) in [5.41, 5.74) is 1.20. The molecule has 0 aliphatic carbocycles. The van der Waals surface area contributed by atoms with Gasteiger partial charge >= 0.3 is 6.03 Å². The number of nitrogens with zero attached hydrogens (tertiary/aromatic N) is 1. The first-order chi connectivity index (χ1) is 13.3. The fourth-order valence-corrected chi connectivity index (χ4v) is 3.28. The van der Waals surface area contributed by atoms with Gasteiger partial charge in [0.1, 0.15) is 5.02 Å². The van der Waals surface area contributed by atoms with E-state index in [1.807, 2.05) is 0 Å². The molecule has 1 heterocycles. The molecule has 3 rings (SSSR count). The lowest BCUT2D eigenvalue weighted by Crippen LogP contribution is -2.46. The van der Waals surface area contributed by atoms with Crippen LogP contribution < -0.4 is 16.0 Å². The number of urea groups is 1. The van der Waals surface area contributed by atoms with Crippen LogP contribution in [0.5, 0.6) is 0 Å². The maximum atomic E-state index is 12.9. The Kier molecular flexibility index (Phi) is 5.66. The molecule has 8 nitrogen and oxygen atoms in total. The van der Waals surface area contributed by atoms with Crippen LogP contribution in [-0.4, -0.2) is 16.9 Å². The van der Waals surface area contributed by atoms with Crippen molar-refractivity contribution < 1.29 is 14.5 Å². The third-order valence-corrected chi connectivity index (χ3v) is 4.96. The third-order valence-electron chi connectivity index (χ3n) is 4.12. The van der Waals surface area contributed by atoms with Crippen LogP contribution in [0.1, 0.15) is 18.5 Å². The summed E-state index contributed by atoms with van der Waals surface area (Å²) in [5.74, 6) is -0.449. The zero-order valence-electron chi connectivity index (χ0n) is 14.5. The number of amides is 3. The highest BCUT2D eigenvalue weighted by Crippen LogP contribution is 2.33. The number of allylic oxidation sites excluding steroid dienone is 1. The van der Waals surface area contributed by atoms with E-state index in [9.17, 15) is 19.7 Å². The largest absolute Gasteiger partial charge is 0.327 e. The Hall–Kier alpha value is -2.91. The van der Waals surface area contributed by atoms with E-state index >= 15 is 0 Å². The van der Waals surface area contributed by atoms with Crippen LogP contribution in [0.4, 0.5) is 16.2 Å². The first kappa shape index (κ1) is 19.8. The van der Waals surface area contributed by atoms with Crippen LogP contribution in [0.2, 0.25) is 5.02 Å². The standard InChI is InChI=1S/C18H14BrClN4O4/c1-9-15(17(25)22-12-5-3-11(19)4-6-12)16(23-18(26)21-9)10-2-7-13(20)14(8-10)24(27)28/h2-8,16H,1H3,(H,22,25)(H2,21,23,26)/t16-/m0/s1. The topological polar surface area (TPSA) is 113 Å². The minimum Gasteiger partial charge on any atom is -0.327 e. The second-order valence-electron chi connectivity index (χ2n) is 6.00. The number of carbonyl (C=O) groups is 2. The average Bonchev–Trinajstić information content (AvgIpc) is 2.63. The molecule has 0 aromatic heterocycles. The Morgan fingerprint density at radius 3 is 2.57 bits per heavy atom. The molecule has 0 fully saturated rings.